The quantitative estimate of drug-likeness (QED) is 0.389. The average Bonchev–Trinajstić information content (AvgIpc) is 3.33. The minimum atomic E-state index is -0.430. The molecule has 8 heteroatoms. The van der Waals surface area contributed by atoms with Crippen molar-refractivity contribution in [2.75, 3.05) is 5.75 Å². The lowest BCUT2D eigenvalue weighted by Gasteiger charge is -2.17. The number of carbonyl (C=O) groups excluding carboxylic acids is 2. The molecular formula is C23H26N4O2S2. The molecular weight excluding hydrogens is 428 g/mol. The number of benzene rings is 1. The SMILES string of the molecule is CC(C)(C)C(=O)NCc1ccc(C(=O)CSc2nnc(C3CC3)n2-c2ccccc2)s1. The van der Waals surface area contributed by atoms with Gasteiger partial charge >= 0.3 is 0 Å². The van der Waals surface area contributed by atoms with Crippen molar-refractivity contribution in [1.29, 1.82) is 0 Å². The van der Waals surface area contributed by atoms with Gasteiger partial charge in [0.1, 0.15) is 5.82 Å². The van der Waals surface area contributed by atoms with Gasteiger partial charge in [-0.25, -0.2) is 0 Å². The lowest BCUT2D eigenvalue weighted by atomic mass is 9.96. The van der Waals surface area contributed by atoms with Crippen LogP contribution in [0.5, 0.6) is 0 Å². The fourth-order valence-electron chi connectivity index (χ4n) is 3.06. The molecule has 1 fully saturated rings. The third-order valence-corrected chi connectivity index (χ3v) is 7.04. The lowest BCUT2D eigenvalue weighted by molar-refractivity contribution is -0.128. The molecule has 3 aromatic rings. The van der Waals surface area contributed by atoms with Crippen molar-refractivity contribution >= 4 is 34.8 Å². The number of amides is 1. The van der Waals surface area contributed by atoms with Gasteiger partial charge in [-0.1, -0.05) is 50.7 Å². The topological polar surface area (TPSA) is 76.9 Å². The normalized spacial score (nSPS) is 13.9. The summed E-state index contributed by atoms with van der Waals surface area (Å²) in [4.78, 5) is 26.5. The molecule has 0 atom stereocenters. The van der Waals surface area contributed by atoms with Gasteiger partial charge in [0.15, 0.2) is 10.9 Å². The van der Waals surface area contributed by atoms with E-state index < -0.39 is 5.41 Å². The molecule has 0 spiro atoms. The van der Waals surface area contributed by atoms with Crippen LogP contribution < -0.4 is 5.32 Å². The summed E-state index contributed by atoms with van der Waals surface area (Å²) in [5, 5.41) is 12.5. The standard InChI is InChI=1S/C23H26N4O2S2/c1-23(2,3)21(29)24-13-17-11-12-19(31-17)18(28)14-30-22-26-25-20(15-9-10-15)27(22)16-7-5-4-6-8-16/h4-8,11-12,15H,9-10,13-14H2,1-3H3,(H,24,29). The zero-order valence-electron chi connectivity index (χ0n) is 17.9. The van der Waals surface area contributed by atoms with Crippen LogP contribution in [0.1, 0.15) is 59.9 Å². The van der Waals surface area contributed by atoms with Crippen molar-refractivity contribution in [3.63, 3.8) is 0 Å². The fourth-order valence-corrected chi connectivity index (χ4v) is 4.88. The van der Waals surface area contributed by atoms with Crippen LogP contribution in [-0.2, 0) is 11.3 Å². The van der Waals surface area contributed by atoms with Crippen LogP contribution in [0.2, 0.25) is 0 Å². The summed E-state index contributed by atoms with van der Waals surface area (Å²) in [5.41, 5.74) is 0.595. The Morgan fingerprint density at radius 1 is 1.13 bits per heavy atom. The summed E-state index contributed by atoms with van der Waals surface area (Å²) in [6.07, 6.45) is 2.27. The molecule has 0 unspecified atom stereocenters. The first-order valence-electron chi connectivity index (χ1n) is 10.4. The van der Waals surface area contributed by atoms with E-state index in [-0.39, 0.29) is 11.7 Å². The predicted molar refractivity (Wildman–Crippen MR) is 124 cm³/mol. The highest BCUT2D eigenvalue weighted by molar-refractivity contribution is 7.99. The maximum Gasteiger partial charge on any atom is 0.225 e. The van der Waals surface area contributed by atoms with Crippen molar-refractivity contribution in [2.24, 2.45) is 5.41 Å². The van der Waals surface area contributed by atoms with E-state index in [0.29, 0.717) is 23.1 Å². The van der Waals surface area contributed by atoms with Crippen LogP contribution in [0, 0.1) is 5.41 Å². The van der Waals surface area contributed by atoms with Crippen molar-refractivity contribution in [1.82, 2.24) is 20.1 Å². The number of nitrogens with one attached hydrogen (secondary N) is 1. The van der Waals surface area contributed by atoms with E-state index >= 15 is 0 Å². The van der Waals surface area contributed by atoms with Crippen LogP contribution in [0.3, 0.4) is 0 Å². The molecule has 31 heavy (non-hydrogen) atoms. The molecule has 1 saturated carbocycles. The summed E-state index contributed by atoms with van der Waals surface area (Å²) in [6.45, 7) is 6.08. The van der Waals surface area contributed by atoms with Crippen molar-refractivity contribution in [2.45, 2.75) is 51.2 Å². The average molecular weight is 455 g/mol. The molecule has 1 N–H and O–H groups in total. The Balaban J connectivity index is 1.41. The van der Waals surface area contributed by atoms with Crippen LogP contribution >= 0.6 is 23.1 Å². The Hall–Kier alpha value is -2.45. The van der Waals surface area contributed by atoms with Crippen LogP contribution in [-0.4, -0.2) is 32.2 Å². The second-order valence-corrected chi connectivity index (χ2v) is 10.8. The molecule has 1 aliphatic rings. The summed E-state index contributed by atoms with van der Waals surface area (Å²) < 4.78 is 2.08. The van der Waals surface area contributed by atoms with Crippen molar-refractivity contribution in [3.05, 3.63) is 58.0 Å². The Bertz CT molecular complexity index is 1080. The van der Waals surface area contributed by atoms with Gasteiger partial charge < -0.3 is 5.32 Å². The highest BCUT2D eigenvalue weighted by atomic mass is 32.2. The Kier molecular flexibility index (Phi) is 6.29. The first-order valence-corrected chi connectivity index (χ1v) is 12.2. The van der Waals surface area contributed by atoms with Crippen LogP contribution in [0.15, 0.2) is 47.6 Å². The number of Topliss-reactive ketones (excluding diaryl/α,β-unsaturated/α-hetero) is 1. The van der Waals surface area contributed by atoms with E-state index in [1.807, 2.05) is 63.2 Å². The Morgan fingerprint density at radius 3 is 2.55 bits per heavy atom. The zero-order chi connectivity index (χ0) is 22.0. The molecule has 162 valence electrons. The van der Waals surface area contributed by atoms with Crippen LogP contribution in [0.25, 0.3) is 5.69 Å². The molecule has 2 heterocycles. The summed E-state index contributed by atoms with van der Waals surface area (Å²) in [7, 11) is 0. The van der Waals surface area contributed by atoms with Gasteiger partial charge in [0, 0.05) is 21.9 Å². The molecule has 6 nitrogen and oxygen atoms in total. The summed E-state index contributed by atoms with van der Waals surface area (Å²) in [6, 6.07) is 13.8. The number of aromatic nitrogens is 3. The van der Waals surface area contributed by atoms with Gasteiger partial charge in [0.2, 0.25) is 5.91 Å². The maximum atomic E-state index is 12.8. The fraction of sp³-hybridized carbons (Fsp3) is 0.391. The van der Waals surface area contributed by atoms with Gasteiger partial charge in [0.05, 0.1) is 17.2 Å². The molecule has 1 amide bonds. The van der Waals surface area contributed by atoms with Crippen molar-refractivity contribution in [3.8, 4) is 5.69 Å². The predicted octanol–water partition coefficient (Wildman–Crippen LogP) is 4.84. The molecule has 0 saturated heterocycles. The number of hydrogen-bond acceptors (Lipinski definition) is 6. The molecule has 1 aliphatic carbocycles. The van der Waals surface area contributed by atoms with Crippen molar-refractivity contribution < 1.29 is 9.59 Å². The number of ketones is 1. The second-order valence-electron chi connectivity index (χ2n) is 8.70. The Labute approximate surface area is 190 Å². The maximum absolute atomic E-state index is 12.8. The number of carbonyl (C=O) groups is 2. The van der Waals surface area contributed by atoms with E-state index in [4.69, 9.17) is 0 Å². The highest BCUT2D eigenvalue weighted by Gasteiger charge is 2.31. The number of hydrogen-bond donors (Lipinski definition) is 1. The summed E-state index contributed by atoms with van der Waals surface area (Å²) >= 11 is 2.85. The van der Waals surface area contributed by atoms with Gasteiger partial charge in [-0.2, -0.15) is 0 Å². The smallest absolute Gasteiger partial charge is 0.225 e. The summed E-state index contributed by atoms with van der Waals surface area (Å²) in [5.74, 6) is 1.79. The minimum Gasteiger partial charge on any atom is -0.351 e. The first kappa shape index (κ1) is 21.8. The van der Waals surface area contributed by atoms with E-state index in [1.54, 1.807) is 0 Å². The number of nitrogens with zero attached hydrogens (tertiary/aromatic N) is 3. The Morgan fingerprint density at radius 2 is 1.87 bits per heavy atom. The lowest BCUT2D eigenvalue weighted by Crippen LogP contribution is -2.34. The molecule has 2 aromatic heterocycles. The number of thiophene rings is 1. The van der Waals surface area contributed by atoms with Crippen LogP contribution in [0.4, 0.5) is 0 Å². The van der Waals surface area contributed by atoms with E-state index in [0.717, 1.165) is 34.4 Å². The van der Waals surface area contributed by atoms with Gasteiger partial charge in [0.25, 0.3) is 0 Å². The van der Waals surface area contributed by atoms with Gasteiger partial charge in [-0.15, -0.1) is 21.5 Å². The third-order valence-electron chi connectivity index (χ3n) is 4.99. The van der Waals surface area contributed by atoms with Gasteiger partial charge in [-0.3, -0.25) is 14.2 Å². The van der Waals surface area contributed by atoms with E-state index in [9.17, 15) is 9.59 Å². The third kappa shape index (κ3) is 5.25. The van der Waals surface area contributed by atoms with E-state index in [1.165, 1.54) is 23.1 Å². The van der Waals surface area contributed by atoms with Gasteiger partial charge in [-0.05, 0) is 37.1 Å². The monoisotopic (exact) mass is 454 g/mol. The first-order chi connectivity index (χ1) is 14.8. The molecule has 0 bridgehead atoms. The minimum absolute atomic E-state index is 0.00366. The highest BCUT2D eigenvalue weighted by Crippen LogP contribution is 2.41. The second kappa shape index (κ2) is 8.96. The molecule has 4 rings (SSSR count). The largest absolute Gasteiger partial charge is 0.351 e. The number of rotatable bonds is 8. The van der Waals surface area contributed by atoms with E-state index in [2.05, 4.69) is 20.1 Å². The molecule has 0 aliphatic heterocycles. The molecule has 1 aromatic carbocycles. The zero-order valence-corrected chi connectivity index (χ0v) is 19.6. The number of thioether (sulfide) groups is 1. The molecule has 0 radical (unpaired) electrons. The number of para-hydroxylation sites is 1.